The highest BCUT2D eigenvalue weighted by atomic mass is 19.4. The van der Waals surface area contributed by atoms with Crippen LogP contribution in [-0.2, 0) is 27.3 Å². The molecule has 152 valence electrons. The summed E-state index contributed by atoms with van der Waals surface area (Å²) in [5.74, 6) is -0.671. The van der Waals surface area contributed by atoms with Crippen LogP contribution in [0, 0.1) is 0 Å². The minimum Gasteiger partial charge on any atom is -0.475 e. The molecular weight excluding hydrogens is 369 g/mol. The topological polar surface area (TPSA) is 92.0 Å². The van der Waals surface area contributed by atoms with Gasteiger partial charge in [0.15, 0.2) is 0 Å². The first-order valence-corrected chi connectivity index (χ1v) is 8.64. The van der Waals surface area contributed by atoms with Crippen LogP contribution in [0.5, 0.6) is 0 Å². The molecule has 1 aromatic heterocycles. The van der Waals surface area contributed by atoms with Crippen molar-refractivity contribution in [1.29, 1.82) is 0 Å². The number of furan rings is 1. The molecule has 1 aromatic rings. The molecule has 2 aliphatic heterocycles. The average molecular weight is 392 g/mol. The molecule has 2 aliphatic rings. The molecule has 0 saturated carbocycles. The molecule has 2 N–H and O–H groups in total. The van der Waals surface area contributed by atoms with Crippen LogP contribution in [0.1, 0.15) is 31.3 Å². The van der Waals surface area contributed by atoms with E-state index >= 15 is 0 Å². The number of piperidine rings is 1. The summed E-state index contributed by atoms with van der Waals surface area (Å²) >= 11 is 0. The van der Waals surface area contributed by atoms with E-state index in [0.717, 1.165) is 50.4 Å². The number of alkyl halides is 3. The van der Waals surface area contributed by atoms with Gasteiger partial charge in [0.2, 0.25) is 5.91 Å². The lowest BCUT2D eigenvalue weighted by Gasteiger charge is -2.43. The van der Waals surface area contributed by atoms with Gasteiger partial charge in [-0.2, -0.15) is 13.2 Å². The molecule has 2 saturated heterocycles. The number of aliphatic carboxylic acids is 1. The summed E-state index contributed by atoms with van der Waals surface area (Å²) in [5.41, 5.74) is -0.137. The number of rotatable bonds is 3. The van der Waals surface area contributed by atoms with Crippen molar-refractivity contribution in [3.63, 3.8) is 0 Å². The third-order valence-electron chi connectivity index (χ3n) is 4.57. The van der Waals surface area contributed by atoms with E-state index in [1.165, 1.54) is 0 Å². The van der Waals surface area contributed by atoms with Gasteiger partial charge in [-0.25, -0.2) is 4.79 Å². The fraction of sp³-hybridized carbons (Fsp3) is 0.647. The summed E-state index contributed by atoms with van der Waals surface area (Å²) in [7, 11) is 0. The quantitative estimate of drug-likeness (QED) is 0.817. The number of halogens is 3. The minimum atomic E-state index is -5.08. The SMILES string of the molecule is CCc1ccc(CN2CCC3(CC2)CNC(=O)CO3)o1.O=C(O)C(F)(F)F. The summed E-state index contributed by atoms with van der Waals surface area (Å²) in [6.07, 6.45) is -2.21. The number of hydrogen-bond acceptors (Lipinski definition) is 5. The standard InChI is InChI=1S/C15H22N2O3.C2HF3O2/c1-2-12-3-4-13(20-12)9-17-7-5-15(6-8-17)11-16-14(18)10-19-15;3-2(4,5)1(6)7/h3-4H,2,5-11H2,1H3,(H,16,18);(H,6,7). The highest BCUT2D eigenvalue weighted by Crippen LogP contribution is 2.28. The number of amides is 1. The predicted octanol–water partition coefficient (Wildman–Crippen LogP) is 1.96. The van der Waals surface area contributed by atoms with Crippen molar-refractivity contribution < 1.29 is 37.0 Å². The van der Waals surface area contributed by atoms with Crippen molar-refractivity contribution in [2.45, 2.75) is 44.5 Å². The molecule has 1 amide bonds. The minimum absolute atomic E-state index is 0.000681. The molecule has 0 bridgehead atoms. The molecular formula is C17H23F3N2O5. The van der Waals surface area contributed by atoms with E-state index in [2.05, 4.69) is 29.3 Å². The largest absolute Gasteiger partial charge is 0.490 e. The lowest BCUT2D eigenvalue weighted by atomic mass is 9.90. The number of likely N-dealkylation sites (tertiary alicyclic amines) is 1. The molecule has 0 atom stereocenters. The molecule has 3 heterocycles. The smallest absolute Gasteiger partial charge is 0.475 e. The summed E-state index contributed by atoms with van der Waals surface area (Å²) in [4.78, 5) is 22.5. The Hall–Kier alpha value is -2.07. The van der Waals surface area contributed by atoms with Gasteiger partial charge in [0.05, 0.1) is 12.1 Å². The maximum atomic E-state index is 11.2. The lowest BCUT2D eigenvalue weighted by molar-refractivity contribution is -0.192. The first-order valence-electron chi connectivity index (χ1n) is 8.64. The van der Waals surface area contributed by atoms with Gasteiger partial charge >= 0.3 is 12.1 Å². The zero-order chi connectivity index (χ0) is 20.1. The summed E-state index contributed by atoms with van der Waals surface area (Å²) < 4.78 is 43.3. The zero-order valence-electron chi connectivity index (χ0n) is 15.0. The summed E-state index contributed by atoms with van der Waals surface area (Å²) in [6, 6.07) is 4.13. The van der Waals surface area contributed by atoms with Crippen LogP contribution < -0.4 is 5.32 Å². The summed E-state index contributed by atoms with van der Waals surface area (Å²) in [6.45, 7) is 5.79. The van der Waals surface area contributed by atoms with Gasteiger partial charge in [-0.05, 0) is 25.0 Å². The van der Waals surface area contributed by atoms with Crippen LogP contribution in [0.3, 0.4) is 0 Å². The van der Waals surface area contributed by atoms with E-state index in [4.69, 9.17) is 19.1 Å². The third-order valence-corrected chi connectivity index (χ3v) is 4.57. The van der Waals surface area contributed by atoms with E-state index in [-0.39, 0.29) is 18.1 Å². The fourth-order valence-electron chi connectivity index (χ4n) is 2.94. The third kappa shape index (κ3) is 6.24. The molecule has 1 spiro atoms. The van der Waals surface area contributed by atoms with Gasteiger partial charge in [-0.15, -0.1) is 0 Å². The van der Waals surface area contributed by atoms with E-state index in [0.29, 0.717) is 6.54 Å². The van der Waals surface area contributed by atoms with Crippen molar-refractivity contribution in [3.05, 3.63) is 23.7 Å². The molecule has 3 rings (SSSR count). The Kier molecular flexibility index (Phi) is 6.88. The second-order valence-corrected chi connectivity index (χ2v) is 6.55. The van der Waals surface area contributed by atoms with E-state index in [1.807, 2.05) is 0 Å². The van der Waals surface area contributed by atoms with Crippen molar-refractivity contribution in [1.82, 2.24) is 10.2 Å². The van der Waals surface area contributed by atoms with Gasteiger partial charge in [0.25, 0.3) is 0 Å². The van der Waals surface area contributed by atoms with Crippen molar-refractivity contribution in [3.8, 4) is 0 Å². The van der Waals surface area contributed by atoms with Gasteiger partial charge in [0, 0.05) is 26.1 Å². The number of hydrogen-bond donors (Lipinski definition) is 2. The first kappa shape index (κ1) is 21.2. The Bertz CT molecular complexity index is 639. The van der Waals surface area contributed by atoms with E-state index < -0.39 is 12.1 Å². The lowest BCUT2D eigenvalue weighted by Crippen LogP contribution is -2.57. The summed E-state index contributed by atoms with van der Waals surface area (Å²) in [5, 5.41) is 10.0. The molecule has 0 aliphatic carbocycles. The van der Waals surface area contributed by atoms with Crippen molar-refractivity contribution in [2.75, 3.05) is 26.2 Å². The number of carbonyl (C=O) groups excluding carboxylic acids is 1. The molecule has 0 unspecified atom stereocenters. The number of nitrogens with zero attached hydrogens (tertiary/aromatic N) is 1. The van der Waals surface area contributed by atoms with Gasteiger partial charge in [-0.1, -0.05) is 6.92 Å². The van der Waals surface area contributed by atoms with Crippen LogP contribution in [-0.4, -0.2) is 59.9 Å². The Morgan fingerprint density at radius 1 is 1.30 bits per heavy atom. The van der Waals surface area contributed by atoms with Crippen LogP contribution in [0.15, 0.2) is 16.5 Å². The molecule has 10 heteroatoms. The van der Waals surface area contributed by atoms with Crippen LogP contribution in [0.2, 0.25) is 0 Å². The number of aryl methyl sites for hydroxylation is 1. The normalized spacial score (nSPS) is 19.9. The van der Waals surface area contributed by atoms with Gasteiger partial charge < -0.3 is 19.6 Å². The molecule has 7 nitrogen and oxygen atoms in total. The zero-order valence-corrected chi connectivity index (χ0v) is 15.0. The number of morpholine rings is 1. The average Bonchev–Trinajstić information content (AvgIpc) is 3.07. The first-order chi connectivity index (χ1) is 12.6. The highest BCUT2D eigenvalue weighted by molar-refractivity contribution is 5.78. The monoisotopic (exact) mass is 392 g/mol. The molecule has 0 radical (unpaired) electrons. The molecule has 2 fully saturated rings. The Labute approximate surface area is 154 Å². The van der Waals surface area contributed by atoms with Gasteiger partial charge in [0.1, 0.15) is 18.1 Å². The van der Waals surface area contributed by atoms with Crippen LogP contribution in [0.25, 0.3) is 0 Å². The maximum Gasteiger partial charge on any atom is 0.490 e. The van der Waals surface area contributed by atoms with Gasteiger partial charge in [-0.3, -0.25) is 9.69 Å². The Balaban J connectivity index is 0.000000321. The second kappa shape index (κ2) is 8.75. The Morgan fingerprint density at radius 2 is 1.89 bits per heavy atom. The number of carboxylic acids is 1. The number of ether oxygens (including phenoxy) is 1. The Morgan fingerprint density at radius 3 is 2.33 bits per heavy atom. The number of nitrogens with one attached hydrogen (secondary N) is 1. The number of carboxylic acid groups (broad SMARTS) is 1. The number of carbonyl (C=O) groups is 2. The van der Waals surface area contributed by atoms with Crippen molar-refractivity contribution in [2.24, 2.45) is 0 Å². The van der Waals surface area contributed by atoms with Crippen molar-refractivity contribution >= 4 is 11.9 Å². The van der Waals surface area contributed by atoms with Crippen LogP contribution >= 0.6 is 0 Å². The molecule has 27 heavy (non-hydrogen) atoms. The van der Waals surface area contributed by atoms with Crippen LogP contribution in [0.4, 0.5) is 13.2 Å². The highest BCUT2D eigenvalue weighted by Gasteiger charge is 2.39. The predicted molar refractivity (Wildman–Crippen MR) is 88.0 cm³/mol. The van der Waals surface area contributed by atoms with E-state index in [9.17, 15) is 18.0 Å². The van der Waals surface area contributed by atoms with E-state index in [1.54, 1.807) is 0 Å². The fourth-order valence-corrected chi connectivity index (χ4v) is 2.94. The maximum absolute atomic E-state index is 11.2. The molecule has 0 aromatic carbocycles. The second-order valence-electron chi connectivity index (χ2n) is 6.55.